The summed E-state index contributed by atoms with van der Waals surface area (Å²) in [5.74, 6) is 0.578. The van der Waals surface area contributed by atoms with E-state index in [0.29, 0.717) is 18.4 Å². The number of nitrogens with zero attached hydrogens (tertiary/aromatic N) is 2. The molecular formula is C20H30F3N3O2. The highest BCUT2D eigenvalue weighted by atomic mass is 19.4. The predicted molar refractivity (Wildman–Crippen MR) is 100 cm³/mol. The molecule has 0 radical (unpaired) electrons. The Kier molecular flexibility index (Phi) is 7.17. The highest BCUT2D eigenvalue weighted by Crippen LogP contribution is 2.28. The van der Waals surface area contributed by atoms with Crippen molar-refractivity contribution in [2.75, 3.05) is 33.4 Å². The number of hydrogen-bond acceptors (Lipinski definition) is 5. The summed E-state index contributed by atoms with van der Waals surface area (Å²) < 4.78 is 47.6. The number of alkyl halides is 3. The fourth-order valence-corrected chi connectivity index (χ4v) is 4.21. The minimum Gasteiger partial charge on any atom is -0.468 e. The van der Waals surface area contributed by atoms with Crippen LogP contribution >= 0.6 is 0 Å². The Morgan fingerprint density at radius 3 is 2.57 bits per heavy atom. The summed E-state index contributed by atoms with van der Waals surface area (Å²) >= 11 is 0. The Morgan fingerprint density at radius 2 is 1.89 bits per heavy atom. The van der Waals surface area contributed by atoms with Gasteiger partial charge in [0.25, 0.3) is 0 Å². The number of nitrogens with two attached hydrogens (primary N) is 1. The number of pyridine rings is 1. The van der Waals surface area contributed by atoms with E-state index in [1.165, 1.54) is 6.07 Å². The second-order valence-corrected chi connectivity index (χ2v) is 7.91. The van der Waals surface area contributed by atoms with Crippen molar-refractivity contribution in [1.82, 2.24) is 9.88 Å². The SMILES string of the molecule is CO[C@@H](CN1CCc2ccc(OCC(F)(F)F)nc2CC1)[C@H]1CC[C@H](N)CC1. The standard InChI is InChI=1S/C20H30F3N3O2/c1-27-18(15-2-5-16(24)6-3-15)12-26-10-8-14-4-7-19(25-17(14)9-11-26)28-13-20(21,22)23/h4,7,15-16,18H,2-3,5-6,8-13,24H2,1H3/t15-,16-,18-/m0/s1. The van der Waals surface area contributed by atoms with Crippen LogP contribution in [-0.4, -0.2) is 61.6 Å². The Bertz CT molecular complexity index is 634. The molecule has 5 nitrogen and oxygen atoms in total. The first-order chi connectivity index (χ1) is 13.3. The number of halogens is 3. The zero-order valence-electron chi connectivity index (χ0n) is 16.4. The lowest BCUT2D eigenvalue weighted by atomic mass is 9.82. The minimum atomic E-state index is -4.36. The molecule has 1 saturated carbocycles. The Morgan fingerprint density at radius 1 is 1.18 bits per heavy atom. The summed E-state index contributed by atoms with van der Waals surface area (Å²) in [7, 11) is 1.78. The van der Waals surface area contributed by atoms with E-state index in [1.807, 2.05) is 6.07 Å². The molecule has 2 N–H and O–H groups in total. The first-order valence-corrected chi connectivity index (χ1v) is 10.0. The molecule has 0 bridgehead atoms. The average Bonchev–Trinajstić information content (AvgIpc) is 2.86. The highest BCUT2D eigenvalue weighted by Gasteiger charge is 2.30. The van der Waals surface area contributed by atoms with Crippen LogP contribution in [0.5, 0.6) is 5.88 Å². The van der Waals surface area contributed by atoms with Gasteiger partial charge in [-0.2, -0.15) is 13.2 Å². The summed E-state index contributed by atoms with van der Waals surface area (Å²) in [6.07, 6.45) is 1.68. The predicted octanol–water partition coefficient (Wildman–Crippen LogP) is 2.96. The third-order valence-electron chi connectivity index (χ3n) is 5.87. The monoisotopic (exact) mass is 401 g/mol. The quantitative estimate of drug-likeness (QED) is 0.794. The molecule has 1 aromatic heterocycles. The lowest BCUT2D eigenvalue weighted by Gasteiger charge is -2.34. The molecule has 0 amide bonds. The molecule has 2 aliphatic rings. The van der Waals surface area contributed by atoms with E-state index in [-0.39, 0.29) is 12.0 Å². The van der Waals surface area contributed by atoms with Gasteiger partial charge in [0.05, 0.1) is 6.10 Å². The topological polar surface area (TPSA) is 60.6 Å². The largest absolute Gasteiger partial charge is 0.468 e. The van der Waals surface area contributed by atoms with Crippen LogP contribution in [0, 0.1) is 5.92 Å². The maximum Gasteiger partial charge on any atom is 0.422 e. The molecule has 1 aliphatic heterocycles. The maximum atomic E-state index is 12.3. The number of hydrogen-bond donors (Lipinski definition) is 1. The van der Waals surface area contributed by atoms with Crippen LogP contribution in [0.1, 0.15) is 36.9 Å². The minimum absolute atomic E-state index is 0.0397. The maximum absolute atomic E-state index is 12.3. The second-order valence-electron chi connectivity index (χ2n) is 7.91. The van der Waals surface area contributed by atoms with Crippen molar-refractivity contribution in [3.63, 3.8) is 0 Å². The molecule has 1 atom stereocenters. The van der Waals surface area contributed by atoms with Crippen molar-refractivity contribution in [1.29, 1.82) is 0 Å². The van der Waals surface area contributed by atoms with Crippen LogP contribution in [0.4, 0.5) is 13.2 Å². The number of methoxy groups -OCH3 is 1. The lowest BCUT2D eigenvalue weighted by molar-refractivity contribution is -0.154. The van der Waals surface area contributed by atoms with Gasteiger partial charge in [-0.1, -0.05) is 6.07 Å². The van der Waals surface area contributed by atoms with Crippen LogP contribution in [0.15, 0.2) is 12.1 Å². The van der Waals surface area contributed by atoms with E-state index >= 15 is 0 Å². The zero-order chi connectivity index (χ0) is 20.1. The van der Waals surface area contributed by atoms with Crippen molar-refractivity contribution in [2.24, 2.45) is 11.7 Å². The zero-order valence-corrected chi connectivity index (χ0v) is 16.4. The molecule has 8 heteroatoms. The summed E-state index contributed by atoms with van der Waals surface area (Å²) in [4.78, 5) is 6.69. The van der Waals surface area contributed by atoms with E-state index < -0.39 is 12.8 Å². The molecule has 1 aliphatic carbocycles. The molecule has 0 unspecified atom stereocenters. The van der Waals surface area contributed by atoms with Gasteiger partial charge >= 0.3 is 6.18 Å². The van der Waals surface area contributed by atoms with Crippen LogP contribution in [0.25, 0.3) is 0 Å². The lowest BCUT2D eigenvalue weighted by Crippen LogP contribution is -2.41. The third kappa shape index (κ3) is 6.06. The first kappa shape index (κ1) is 21.3. The summed E-state index contributed by atoms with van der Waals surface area (Å²) in [5.41, 5.74) is 7.93. The number of ether oxygens (including phenoxy) is 2. The van der Waals surface area contributed by atoms with E-state index in [1.54, 1.807) is 7.11 Å². The summed E-state index contributed by atoms with van der Waals surface area (Å²) in [5, 5.41) is 0. The molecule has 0 spiro atoms. The van der Waals surface area contributed by atoms with Gasteiger partial charge in [0.15, 0.2) is 6.61 Å². The van der Waals surface area contributed by atoms with Gasteiger partial charge in [-0.25, -0.2) is 4.98 Å². The van der Waals surface area contributed by atoms with Gasteiger partial charge in [0.1, 0.15) is 0 Å². The smallest absolute Gasteiger partial charge is 0.422 e. The Hall–Kier alpha value is -1.38. The molecule has 3 rings (SSSR count). The van der Waals surface area contributed by atoms with Crippen molar-refractivity contribution < 1.29 is 22.6 Å². The van der Waals surface area contributed by atoms with Gasteiger partial charge in [-0.3, -0.25) is 0 Å². The molecule has 158 valence electrons. The van der Waals surface area contributed by atoms with Crippen molar-refractivity contribution in [3.05, 3.63) is 23.4 Å². The van der Waals surface area contributed by atoms with Gasteiger partial charge < -0.3 is 20.1 Å². The molecule has 1 aromatic rings. The van der Waals surface area contributed by atoms with E-state index in [4.69, 9.17) is 15.2 Å². The summed E-state index contributed by atoms with van der Waals surface area (Å²) in [6.45, 7) is 1.26. The molecule has 1 fully saturated rings. The van der Waals surface area contributed by atoms with E-state index in [0.717, 1.165) is 63.0 Å². The van der Waals surface area contributed by atoms with Crippen molar-refractivity contribution in [3.8, 4) is 5.88 Å². The number of fused-ring (bicyclic) bond motifs is 1. The fourth-order valence-electron chi connectivity index (χ4n) is 4.21. The third-order valence-corrected chi connectivity index (χ3v) is 5.87. The van der Waals surface area contributed by atoms with Crippen molar-refractivity contribution in [2.45, 2.75) is 56.8 Å². The van der Waals surface area contributed by atoms with Gasteiger partial charge in [-0.05, 0) is 43.6 Å². The molecule has 28 heavy (non-hydrogen) atoms. The van der Waals surface area contributed by atoms with Gasteiger partial charge in [-0.15, -0.1) is 0 Å². The average molecular weight is 401 g/mol. The van der Waals surface area contributed by atoms with Crippen LogP contribution in [-0.2, 0) is 17.6 Å². The highest BCUT2D eigenvalue weighted by molar-refractivity contribution is 5.27. The van der Waals surface area contributed by atoms with Crippen LogP contribution in [0.3, 0.4) is 0 Å². The van der Waals surface area contributed by atoms with Crippen molar-refractivity contribution >= 4 is 0 Å². The Balaban J connectivity index is 1.56. The molecule has 2 heterocycles. The molecule has 0 aromatic carbocycles. The van der Waals surface area contributed by atoms with Crippen LogP contribution < -0.4 is 10.5 Å². The fraction of sp³-hybridized carbons (Fsp3) is 0.750. The number of rotatable bonds is 6. The Labute approximate surface area is 164 Å². The molecule has 0 saturated heterocycles. The van der Waals surface area contributed by atoms with Gasteiger partial charge in [0, 0.05) is 51.0 Å². The molecular weight excluding hydrogens is 371 g/mol. The number of aromatic nitrogens is 1. The van der Waals surface area contributed by atoms with E-state index in [2.05, 4.69) is 9.88 Å². The normalized spacial score (nSPS) is 25.0. The van der Waals surface area contributed by atoms with E-state index in [9.17, 15) is 13.2 Å². The second kappa shape index (κ2) is 9.41. The van der Waals surface area contributed by atoms with Gasteiger partial charge in [0.2, 0.25) is 5.88 Å². The van der Waals surface area contributed by atoms with Crippen LogP contribution in [0.2, 0.25) is 0 Å². The first-order valence-electron chi connectivity index (χ1n) is 10.0. The summed E-state index contributed by atoms with van der Waals surface area (Å²) in [6, 6.07) is 3.69.